The molecule has 0 atom stereocenters. The van der Waals surface area contributed by atoms with E-state index in [4.69, 9.17) is 4.42 Å². The van der Waals surface area contributed by atoms with Crippen LogP contribution in [-0.4, -0.2) is 0 Å². The molecule has 12 aromatic carbocycles. The van der Waals surface area contributed by atoms with E-state index in [0.29, 0.717) is 0 Å². The van der Waals surface area contributed by atoms with Crippen LogP contribution in [0, 0.1) is 0 Å². The van der Waals surface area contributed by atoms with Gasteiger partial charge in [-0.1, -0.05) is 200 Å². The first kappa shape index (κ1) is 37.8. The molecule has 0 bridgehead atoms. The Labute approximate surface area is 382 Å². The Kier molecular flexibility index (Phi) is 8.89. The standard InChI is InChI=1S/C64H41NO/c1-3-14-42(15-4-1)44-30-35-50(36-31-44)65(51-37-32-45(33-38-51)43-16-5-2-6-17-43)60-24-13-25-61-63(60)59-41-49-18-7-8-19-52(49)62(64(59)66-61)47-28-26-46(27-29-47)48-34-39-57-55-22-10-9-20-53(55)54-21-11-12-23-56(54)58(57)40-48/h1-41H. The summed E-state index contributed by atoms with van der Waals surface area (Å²) in [7, 11) is 0. The summed E-state index contributed by atoms with van der Waals surface area (Å²) in [6.45, 7) is 0. The molecule has 2 nitrogen and oxygen atoms in total. The van der Waals surface area contributed by atoms with Gasteiger partial charge in [-0.15, -0.1) is 0 Å². The molecular weight excluding hydrogens is 799 g/mol. The number of hydrogen-bond acceptors (Lipinski definition) is 2. The highest BCUT2D eigenvalue weighted by Gasteiger charge is 2.23. The maximum absolute atomic E-state index is 7.08. The first-order chi connectivity index (χ1) is 32.7. The zero-order valence-corrected chi connectivity index (χ0v) is 36.0. The molecule has 0 amide bonds. The summed E-state index contributed by atoms with van der Waals surface area (Å²) in [6, 6.07) is 90.0. The van der Waals surface area contributed by atoms with Crippen molar-refractivity contribution in [3.8, 4) is 44.5 Å². The highest BCUT2D eigenvalue weighted by molar-refractivity contribution is 6.26. The number of anilines is 3. The van der Waals surface area contributed by atoms with E-state index in [1.807, 2.05) is 0 Å². The minimum Gasteiger partial charge on any atom is -0.455 e. The fourth-order valence-electron chi connectivity index (χ4n) is 10.3. The van der Waals surface area contributed by atoms with Gasteiger partial charge in [-0.3, -0.25) is 0 Å². The van der Waals surface area contributed by atoms with E-state index >= 15 is 0 Å². The van der Waals surface area contributed by atoms with Crippen LogP contribution in [0.5, 0.6) is 0 Å². The molecule has 0 unspecified atom stereocenters. The SMILES string of the molecule is c1ccc(-c2ccc(N(c3ccc(-c4ccccc4)cc3)c3cccc4oc5c(-c6ccc(-c7ccc8c9ccccc9c9ccccc9c8c7)cc6)c6ccccc6cc5c34)cc2)cc1. The third-order valence-electron chi connectivity index (χ3n) is 13.4. The second-order valence-electron chi connectivity index (χ2n) is 17.2. The Morgan fingerprint density at radius 3 is 1.30 bits per heavy atom. The fraction of sp³-hybridized carbons (Fsp3) is 0. The number of nitrogens with zero attached hydrogens (tertiary/aromatic N) is 1. The molecule has 308 valence electrons. The molecule has 0 saturated carbocycles. The molecular formula is C64H41NO. The van der Waals surface area contributed by atoms with Gasteiger partial charge in [0.2, 0.25) is 0 Å². The molecule has 0 aliphatic rings. The van der Waals surface area contributed by atoms with Gasteiger partial charge in [-0.2, -0.15) is 0 Å². The lowest BCUT2D eigenvalue weighted by Crippen LogP contribution is -2.10. The smallest absolute Gasteiger partial charge is 0.143 e. The van der Waals surface area contributed by atoms with Crippen molar-refractivity contribution in [1.29, 1.82) is 0 Å². The van der Waals surface area contributed by atoms with Crippen molar-refractivity contribution in [2.24, 2.45) is 0 Å². The van der Waals surface area contributed by atoms with Gasteiger partial charge in [0, 0.05) is 22.3 Å². The number of rotatable bonds is 7. The minimum absolute atomic E-state index is 0.846. The highest BCUT2D eigenvalue weighted by atomic mass is 16.3. The van der Waals surface area contributed by atoms with E-state index in [-0.39, 0.29) is 0 Å². The third kappa shape index (κ3) is 6.26. The van der Waals surface area contributed by atoms with Crippen LogP contribution in [-0.2, 0) is 0 Å². The average Bonchev–Trinajstić information content (AvgIpc) is 3.77. The average molecular weight is 840 g/mol. The van der Waals surface area contributed by atoms with E-state index < -0.39 is 0 Å². The fourth-order valence-corrected chi connectivity index (χ4v) is 10.3. The van der Waals surface area contributed by atoms with Gasteiger partial charge in [0.1, 0.15) is 11.2 Å². The molecule has 0 aliphatic carbocycles. The van der Waals surface area contributed by atoms with Gasteiger partial charge in [0.25, 0.3) is 0 Å². The Morgan fingerprint density at radius 2 is 0.712 bits per heavy atom. The van der Waals surface area contributed by atoms with Crippen LogP contribution in [0.4, 0.5) is 17.1 Å². The quantitative estimate of drug-likeness (QED) is 0.149. The van der Waals surface area contributed by atoms with E-state index in [0.717, 1.165) is 55.5 Å². The van der Waals surface area contributed by atoms with Crippen LogP contribution in [0.3, 0.4) is 0 Å². The zero-order valence-electron chi connectivity index (χ0n) is 36.0. The highest BCUT2D eigenvalue weighted by Crippen LogP contribution is 2.48. The molecule has 0 spiro atoms. The lowest BCUT2D eigenvalue weighted by atomic mass is 9.91. The molecule has 13 rings (SSSR count). The monoisotopic (exact) mass is 839 g/mol. The molecule has 0 aliphatic heterocycles. The van der Waals surface area contributed by atoms with Crippen molar-refractivity contribution in [2.75, 3.05) is 4.90 Å². The lowest BCUT2D eigenvalue weighted by molar-refractivity contribution is 0.670. The van der Waals surface area contributed by atoms with Gasteiger partial charge in [0.15, 0.2) is 0 Å². The second-order valence-corrected chi connectivity index (χ2v) is 17.2. The summed E-state index contributed by atoms with van der Waals surface area (Å²) < 4.78 is 7.08. The third-order valence-corrected chi connectivity index (χ3v) is 13.4. The van der Waals surface area contributed by atoms with Gasteiger partial charge in [0.05, 0.1) is 11.1 Å². The molecule has 0 fully saturated rings. The Hall–Kier alpha value is -8.72. The van der Waals surface area contributed by atoms with Gasteiger partial charge in [-0.05, 0) is 131 Å². The summed E-state index contributed by atoms with van der Waals surface area (Å²) in [5.74, 6) is 0. The minimum atomic E-state index is 0.846. The van der Waals surface area contributed by atoms with Crippen molar-refractivity contribution < 1.29 is 4.42 Å². The van der Waals surface area contributed by atoms with Gasteiger partial charge < -0.3 is 9.32 Å². The van der Waals surface area contributed by atoms with Crippen LogP contribution in [0.2, 0.25) is 0 Å². The van der Waals surface area contributed by atoms with Gasteiger partial charge in [-0.25, -0.2) is 0 Å². The number of fused-ring (bicyclic) bond motifs is 10. The second kappa shape index (κ2) is 15.5. The molecule has 13 aromatic rings. The summed E-state index contributed by atoms with van der Waals surface area (Å²) in [4.78, 5) is 2.38. The first-order valence-corrected chi connectivity index (χ1v) is 22.7. The molecule has 1 aromatic heterocycles. The number of furan rings is 1. The maximum atomic E-state index is 7.08. The van der Waals surface area contributed by atoms with E-state index in [2.05, 4.69) is 254 Å². The Bertz CT molecular complexity index is 3830. The molecule has 0 N–H and O–H groups in total. The van der Waals surface area contributed by atoms with E-state index in [9.17, 15) is 0 Å². The van der Waals surface area contributed by atoms with E-state index in [1.54, 1.807) is 0 Å². The van der Waals surface area contributed by atoms with Crippen molar-refractivity contribution >= 4 is 82.1 Å². The predicted octanol–water partition coefficient (Wildman–Crippen LogP) is 18.3. The van der Waals surface area contributed by atoms with Crippen molar-refractivity contribution in [1.82, 2.24) is 0 Å². The van der Waals surface area contributed by atoms with Crippen molar-refractivity contribution in [3.05, 3.63) is 249 Å². The summed E-state index contributed by atoms with van der Waals surface area (Å²) >= 11 is 0. The zero-order chi connectivity index (χ0) is 43.6. The molecule has 66 heavy (non-hydrogen) atoms. The molecule has 2 heteroatoms. The predicted molar refractivity (Wildman–Crippen MR) is 280 cm³/mol. The molecule has 0 saturated heterocycles. The Balaban J connectivity index is 0.964. The van der Waals surface area contributed by atoms with Crippen LogP contribution in [0.25, 0.3) is 110 Å². The van der Waals surface area contributed by atoms with Crippen LogP contribution in [0.1, 0.15) is 0 Å². The normalized spacial score (nSPS) is 11.6. The number of benzene rings is 12. The molecule has 1 heterocycles. The maximum Gasteiger partial charge on any atom is 0.143 e. The summed E-state index contributed by atoms with van der Waals surface area (Å²) in [5, 5.41) is 12.2. The molecule has 0 radical (unpaired) electrons. The lowest BCUT2D eigenvalue weighted by Gasteiger charge is -2.26. The summed E-state index contributed by atoms with van der Waals surface area (Å²) in [5.41, 5.74) is 14.2. The largest absolute Gasteiger partial charge is 0.455 e. The number of hydrogen-bond donors (Lipinski definition) is 0. The topological polar surface area (TPSA) is 16.4 Å². The van der Waals surface area contributed by atoms with Crippen LogP contribution in [0.15, 0.2) is 253 Å². The Morgan fingerprint density at radius 1 is 0.273 bits per heavy atom. The van der Waals surface area contributed by atoms with Crippen molar-refractivity contribution in [3.63, 3.8) is 0 Å². The first-order valence-electron chi connectivity index (χ1n) is 22.7. The van der Waals surface area contributed by atoms with Crippen LogP contribution < -0.4 is 4.90 Å². The summed E-state index contributed by atoms with van der Waals surface area (Å²) in [6.07, 6.45) is 0. The van der Waals surface area contributed by atoms with Crippen molar-refractivity contribution in [2.45, 2.75) is 0 Å². The van der Waals surface area contributed by atoms with Crippen LogP contribution >= 0.6 is 0 Å². The van der Waals surface area contributed by atoms with E-state index in [1.165, 1.54) is 71.1 Å². The van der Waals surface area contributed by atoms with Gasteiger partial charge >= 0.3 is 0 Å².